The van der Waals surface area contributed by atoms with E-state index in [1.54, 1.807) is 0 Å². The normalized spacial score (nSPS) is 10.3. The van der Waals surface area contributed by atoms with Crippen molar-refractivity contribution in [3.8, 4) is 11.3 Å². The third-order valence-electron chi connectivity index (χ3n) is 2.29. The number of carbonyl (C=O) groups is 2. The Balaban J connectivity index is 2.55. The van der Waals surface area contributed by atoms with Gasteiger partial charge in [0, 0.05) is 10.6 Å². The molecule has 0 atom stereocenters. The van der Waals surface area contributed by atoms with Gasteiger partial charge >= 0.3 is 11.9 Å². The molecule has 0 bridgehead atoms. The van der Waals surface area contributed by atoms with Crippen molar-refractivity contribution < 1.29 is 24.2 Å². The summed E-state index contributed by atoms with van der Waals surface area (Å²) in [4.78, 5) is 21.8. The summed E-state index contributed by atoms with van der Waals surface area (Å²) in [5.41, 5.74) is 0.230. The Hall–Kier alpha value is -2.27. The van der Waals surface area contributed by atoms with E-state index in [0.717, 1.165) is 0 Å². The number of rotatable bonds is 3. The number of hydrogen-bond acceptors (Lipinski definition) is 3. The summed E-state index contributed by atoms with van der Waals surface area (Å²) in [6.45, 7) is 0. The molecule has 0 aliphatic heterocycles. The van der Waals surface area contributed by atoms with Crippen LogP contribution in [0.5, 0.6) is 0 Å². The van der Waals surface area contributed by atoms with Crippen molar-refractivity contribution in [2.24, 2.45) is 0 Å². The zero-order valence-corrected chi connectivity index (χ0v) is 9.64. The lowest BCUT2D eigenvalue weighted by molar-refractivity contribution is 0.0662. The predicted octanol–water partition coefficient (Wildman–Crippen LogP) is 3.00. The van der Waals surface area contributed by atoms with E-state index in [4.69, 9.17) is 26.2 Å². The maximum absolute atomic E-state index is 11.1. The highest BCUT2D eigenvalue weighted by atomic mass is 35.5. The average Bonchev–Trinajstić information content (AvgIpc) is 2.78. The van der Waals surface area contributed by atoms with Crippen molar-refractivity contribution >= 4 is 23.5 Å². The first-order valence-electron chi connectivity index (χ1n) is 4.85. The molecule has 1 aromatic heterocycles. The third kappa shape index (κ3) is 2.21. The highest BCUT2D eigenvalue weighted by molar-refractivity contribution is 6.31. The summed E-state index contributed by atoms with van der Waals surface area (Å²) < 4.78 is 5.06. The van der Waals surface area contributed by atoms with Crippen LogP contribution >= 0.6 is 11.6 Å². The van der Waals surface area contributed by atoms with Gasteiger partial charge in [-0.3, -0.25) is 0 Å². The summed E-state index contributed by atoms with van der Waals surface area (Å²) in [5.74, 6) is -2.47. The molecule has 5 nitrogen and oxygen atoms in total. The summed E-state index contributed by atoms with van der Waals surface area (Å²) in [5, 5.41) is 18.1. The zero-order valence-electron chi connectivity index (χ0n) is 8.88. The minimum absolute atomic E-state index is 0.0474. The van der Waals surface area contributed by atoms with E-state index >= 15 is 0 Å². The van der Waals surface area contributed by atoms with Gasteiger partial charge in [-0.05, 0) is 30.3 Å². The maximum Gasteiger partial charge on any atom is 0.371 e. The van der Waals surface area contributed by atoms with Gasteiger partial charge < -0.3 is 14.6 Å². The standard InChI is InChI=1S/C12H7ClO5/c13-6-1-2-7(8(5-6)11(14)15)9-3-4-10(18-9)12(16)17/h1-5H,(H,14,15)(H,16,17). The molecule has 1 heterocycles. The molecule has 1 aromatic carbocycles. The monoisotopic (exact) mass is 266 g/mol. The lowest BCUT2D eigenvalue weighted by Crippen LogP contribution is -1.99. The average molecular weight is 267 g/mol. The molecule has 0 saturated carbocycles. The molecule has 2 rings (SSSR count). The number of hydrogen-bond donors (Lipinski definition) is 2. The summed E-state index contributed by atoms with van der Waals surface area (Å²) in [6.07, 6.45) is 0. The second kappa shape index (κ2) is 4.54. The number of carboxylic acid groups (broad SMARTS) is 2. The molecule has 6 heteroatoms. The van der Waals surface area contributed by atoms with E-state index in [9.17, 15) is 9.59 Å². The van der Waals surface area contributed by atoms with Crippen molar-refractivity contribution in [1.29, 1.82) is 0 Å². The Bertz CT molecular complexity index is 629. The van der Waals surface area contributed by atoms with Crippen molar-refractivity contribution in [2.75, 3.05) is 0 Å². The summed E-state index contributed by atoms with van der Waals surface area (Å²) >= 11 is 5.72. The molecule has 0 aliphatic rings. The van der Waals surface area contributed by atoms with E-state index in [2.05, 4.69) is 0 Å². The lowest BCUT2D eigenvalue weighted by Gasteiger charge is -2.03. The van der Waals surface area contributed by atoms with E-state index < -0.39 is 11.9 Å². The van der Waals surface area contributed by atoms with Crippen molar-refractivity contribution in [1.82, 2.24) is 0 Å². The van der Waals surface area contributed by atoms with Crippen LogP contribution in [0.25, 0.3) is 11.3 Å². The van der Waals surface area contributed by atoms with E-state index in [0.29, 0.717) is 0 Å². The molecule has 0 amide bonds. The fourth-order valence-electron chi connectivity index (χ4n) is 1.51. The number of halogens is 1. The highest BCUT2D eigenvalue weighted by Gasteiger charge is 2.17. The molecule has 0 fully saturated rings. The first-order chi connectivity index (χ1) is 8.49. The van der Waals surface area contributed by atoms with Crippen LogP contribution in [0.1, 0.15) is 20.9 Å². The molecule has 18 heavy (non-hydrogen) atoms. The van der Waals surface area contributed by atoms with Crippen LogP contribution in [0.15, 0.2) is 34.7 Å². The van der Waals surface area contributed by atoms with Crippen LogP contribution in [-0.2, 0) is 0 Å². The highest BCUT2D eigenvalue weighted by Crippen LogP contribution is 2.28. The minimum atomic E-state index is -1.22. The first-order valence-corrected chi connectivity index (χ1v) is 5.23. The van der Waals surface area contributed by atoms with Crippen LogP contribution in [0.3, 0.4) is 0 Å². The van der Waals surface area contributed by atoms with Gasteiger partial charge in [-0.15, -0.1) is 0 Å². The maximum atomic E-state index is 11.1. The Morgan fingerprint density at radius 1 is 1.06 bits per heavy atom. The third-order valence-corrected chi connectivity index (χ3v) is 2.53. The molecule has 0 aliphatic carbocycles. The second-order valence-electron chi connectivity index (χ2n) is 3.46. The number of aromatic carboxylic acids is 2. The minimum Gasteiger partial charge on any atom is -0.478 e. The Morgan fingerprint density at radius 3 is 2.33 bits per heavy atom. The molecular weight excluding hydrogens is 260 g/mol. The zero-order chi connectivity index (χ0) is 13.3. The topological polar surface area (TPSA) is 87.7 Å². The fraction of sp³-hybridized carbons (Fsp3) is 0. The predicted molar refractivity (Wildman–Crippen MR) is 63.1 cm³/mol. The van der Waals surface area contributed by atoms with Gasteiger partial charge in [-0.1, -0.05) is 11.6 Å². The van der Waals surface area contributed by atoms with Crippen LogP contribution in [-0.4, -0.2) is 22.2 Å². The lowest BCUT2D eigenvalue weighted by atomic mass is 10.1. The summed E-state index contributed by atoms with van der Waals surface area (Å²) in [7, 11) is 0. The molecule has 92 valence electrons. The van der Waals surface area contributed by atoms with Crippen LogP contribution in [0.2, 0.25) is 5.02 Å². The molecule has 2 N–H and O–H groups in total. The van der Waals surface area contributed by atoms with Crippen LogP contribution < -0.4 is 0 Å². The molecule has 0 saturated heterocycles. The van der Waals surface area contributed by atoms with Gasteiger partial charge in [0.2, 0.25) is 5.76 Å². The van der Waals surface area contributed by atoms with Crippen LogP contribution in [0.4, 0.5) is 0 Å². The second-order valence-corrected chi connectivity index (χ2v) is 3.90. The van der Waals surface area contributed by atoms with Gasteiger partial charge in [0.05, 0.1) is 5.56 Å². The largest absolute Gasteiger partial charge is 0.478 e. The summed E-state index contributed by atoms with van der Waals surface area (Å²) in [6, 6.07) is 6.92. The van der Waals surface area contributed by atoms with Gasteiger partial charge in [-0.2, -0.15) is 0 Å². The molecule has 0 spiro atoms. The molecule has 0 unspecified atom stereocenters. The van der Waals surface area contributed by atoms with Gasteiger partial charge in [-0.25, -0.2) is 9.59 Å². The Labute approximate surface area is 106 Å². The first kappa shape index (κ1) is 12.2. The van der Waals surface area contributed by atoms with E-state index in [1.807, 2.05) is 0 Å². The van der Waals surface area contributed by atoms with Crippen molar-refractivity contribution in [3.05, 3.63) is 46.7 Å². The van der Waals surface area contributed by atoms with Crippen LogP contribution in [0, 0.1) is 0 Å². The van der Waals surface area contributed by atoms with Gasteiger partial charge in [0.15, 0.2) is 0 Å². The van der Waals surface area contributed by atoms with E-state index in [-0.39, 0.29) is 27.7 Å². The quantitative estimate of drug-likeness (QED) is 0.891. The molecule has 0 radical (unpaired) electrons. The number of furan rings is 1. The number of benzene rings is 1. The molecule has 2 aromatic rings. The number of carboxylic acids is 2. The van der Waals surface area contributed by atoms with Gasteiger partial charge in [0.1, 0.15) is 5.76 Å². The van der Waals surface area contributed by atoms with E-state index in [1.165, 1.54) is 30.3 Å². The van der Waals surface area contributed by atoms with Gasteiger partial charge in [0.25, 0.3) is 0 Å². The Morgan fingerprint density at radius 2 is 1.78 bits per heavy atom. The SMILES string of the molecule is O=C(O)c1ccc(-c2ccc(Cl)cc2C(=O)O)o1. The fourth-order valence-corrected chi connectivity index (χ4v) is 1.68. The smallest absolute Gasteiger partial charge is 0.371 e. The molecular formula is C12H7ClO5. The Kier molecular flexibility index (Phi) is 3.08. The van der Waals surface area contributed by atoms with Crippen molar-refractivity contribution in [3.63, 3.8) is 0 Å². The van der Waals surface area contributed by atoms with Crippen molar-refractivity contribution in [2.45, 2.75) is 0 Å².